The summed E-state index contributed by atoms with van der Waals surface area (Å²) in [6.45, 7) is 6.27. The van der Waals surface area contributed by atoms with Gasteiger partial charge in [-0.15, -0.1) is 11.3 Å². The van der Waals surface area contributed by atoms with E-state index in [0.29, 0.717) is 13.0 Å². The molecule has 20 heavy (non-hydrogen) atoms. The van der Waals surface area contributed by atoms with E-state index in [1.165, 1.54) is 11.3 Å². The van der Waals surface area contributed by atoms with Crippen molar-refractivity contribution in [1.82, 2.24) is 15.6 Å². The molecular weight excluding hydrogens is 274 g/mol. The molecule has 2 aromatic heterocycles. The highest BCUT2D eigenvalue weighted by molar-refractivity contribution is 7.13. The quantitative estimate of drug-likeness (QED) is 0.766. The van der Waals surface area contributed by atoms with Crippen LogP contribution in [0.5, 0.6) is 0 Å². The van der Waals surface area contributed by atoms with Gasteiger partial charge < -0.3 is 15.1 Å². The van der Waals surface area contributed by atoms with Crippen molar-refractivity contribution in [3.8, 4) is 10.8 Å². The zero-order chi connectivity index (χ0) is 14.4. The summed E-state index contributed by atoms with van der Waals surface area (Å²) in [6, 6.07) is 3.80. The molecule has 2 aromatic rings. The number of aromatic nitrogens is 1. The Morgan fingerprint density at radius 1 is 1.40 bits per heavy atom. The van der Waals surface area contributed by atoms with Crippen LogP contribution < -0.4 is 10.6 Å². The Kier molecular flexibility index (Phi) is 5.31. The van der Waals surface area contributed by atoms with Crippen molar-refractivity contribution >= 4 is 17.2 Å². The maximum Gasteiger partial charge on any atom is 0.226 e. The first-order chi connectivity index (χ1) is 9.69. The summed E-state index contributed by atoms with van der Waals surface area (Å²) in [4.78, 5) is 16.2. The van der Waals surface area contributed by atoms with Crippen molar-refractivity contribution in [1.29, 1.82) is 0 Å². The minimum absolute atomic E-state index is 0.00428. The van der Waals surface area contributed by atoms with Gasteiger partial charge in [-0.25, -0.2) is 4.98 Å². The van der Waals surface area contributed by atoms with E-state index in [9.17, 15) is 4.79 Å². The fourth-order valence-electron chi connectivity index (χ4n) is 1.74. The summed E-state index contributed by atoms with van der Waals surface area (Å²) < 4.78 is 5.52. The van der Waals surface area contributed by atoms with E-state index in [2.05, 4.69) is 15.6 Å². The van der Waals surface area contributed by atoms with Gasteiger partial charge in [-0.3, -0.25) is 4.79 Å². The number of likely N-dealkylation sites (N-methyl/N-ethyl adjacent to an activating group) is 1. The van der Waals surface area contributed by atoms with Crippen LogP contribution >= 0.6 is 11.3 Å². The molecule has 0 aliphatic heterocycles. The number of carbonyl (C=O) groups is 1. The van der Waals surface area contributed by atoms with E-state index in [1.807, 2.05) is 31.4 Å². The number of hydrogen-bond acceptors (Lipinski definition) is 5. The minimum atomic E-state index is -0.00428. The highest BCUT2D eigenvalue weighted by Gasteiger charge is 2.10. The first kappa shape index (κ1) is 14.7. The zero-order valence-electron chi connectivity index (χ0n) is 11.7. The fourth-order valence-corrected chi connectivity index (χ4v) is 2.52. The summed E-state index contributed by atoms with van der Waals surface area (Å²) in [7, 11) is 0. The van der Waals surface area contributed by atoms with Crippen LogP contribution in [0.25, 0.3) is 10.8 Å². The van der Waals surface area contributed by atoms with Gasteiger partial charge in [0, 0.05) is 18.5 Å². The molecule has 108 valence electrons. The normalized spacial score (nSPS) is 10.7. The number of furan rings is 1. The lowest BCUT2D eigenvalue weighted by atomic mass is 10.3. The topological polar surface area (TPSA) is 67.2 Å². The second-order valence-electron chi connectivity index (χ2n) is 4.43. The van der Waals surface area contributed by atoms with Crippen LogP contribution in [0.2, 0.25) is 0 Å². The molecule has 2 heterocycles. The number of rotatable bonds is 7. The second kappa shape index (κ2) is 7.21. The molecule has 2 rings (SSSR count). The van der Waals surface area contributed by atoms with Gasteiger partial charge in [-0.2, -0.15) is 0 Å². The molecule has 0 atom stereocenters. The lowest BCUT2D eigenvalue weighted by molar-refractivity contribution is -0.120. The maximum atomic E-state index is 11.7. The van der Waals surface area contributed by atoms with Crippen LogP contribution in [0.1, 0.15) is 18.4 Å². The van der Waals surface area contributed by atoms with Crippen molar-refractivity contribution in [2.75, 3.05) is 19.6 Å². The molecule has 0 aliphatic rings. The third-order valence-corrected chi connectivity index (χ3v) is 3.62. The van der Waals surface area contributed by atoms with Gasteiger partial charge >= 0.3 is 0 Å². The number of thiazole rings is 1. The van der Waals surface area contributed by atoms with Crippen molar-refractivity contribution < 1.29 is 9.21 Å². The molecule has 6 heteroatoms. The molecule has 0 fully saturated rings. The molecule has 0 spiro atoms. The highest BCUT2D eigenvalue weighted by atomic mass is 32.1. The zero-order valence-corrected chi connectivity index (χ0v) is 12.5. The Labute approximate surface area is 122 Å². The number of amides is 1. The van der Waals surface area contributed by atoms with Crippen LogP contribution in [0.3, 0.4) is 0 Å². The summed E-state index contributed by atoms with van der Waals surface area (Å²) in [6.07, 6.45) is 0.308. The van der Waals surface area contributed by atoms with Crippen molar-refractivity contribution in [3.05, 3.63) is 29.0 Å². The number of aryl methyl sites for hydroxylation is 1. The van der Waals surface area contributed by atoms with Crippen LogP contribution in [-0.2, 0) is 11.2 Å². The molecule has 0 saturated carbocycles. The predicted molar refractivity (Wildman–Crippen MR) is 79.8 cm³/mol. The lowest BCUT2D eigenvalue weighted by Gasteiger charge is -2.03. The monoisotopic (exact) mass is 293 g/mol. The summed E-state index contributed by atoms with van der Waals surface area (Å²) in [5, 5.41) is 8.73. The van der Waals surface area contributed by atoms with E-state index < -0.39 is 0 Å². The molecule has 0 aromatic carbocycles. The third kappa shape index (κ3) is 4.18. The van der Waals surface area contributed by atoms with Crippen LogP contribution in [-0.4, -0.2) is 30.5 Å². The average Bonchev–Trinajstić information content (AvgIpc) is 3.04. The number of carbonyl (C=O) groups excluding carboxylic acids is 1. The molecule has 0 unspecified atom stereocenters. The molecule has 0 radical (unpaired) electrons. The average molecular weight is 293 g/mol. The van der Waals surface area contributed by atoms with E-state index in [0.717, 1.165) is 35.3 Å². The Bertz CT molecular complexity index is 562. The number of nitrogens with zero attached hydrogens (tertiary/aromatic N) is 1. The van der Waals surface area contributed by atoms with Gasteiger partial charge in [0.25, 0.3) is 0 Å². The predicted octanol–water partition coefficient (Wildman–Crippen LogP) is 1.98. The summed E-state index contributed by atoms with van der Waals surface area (Å²) >= 11 is 1.49. The standard InChI is InChI=1S/C14H19N3O2S/c1-3-15-6-7-16-13(18)8-11-9-20-14(17-11)12-5-4-10(2)19-12/h4-5,9,15H,3,6-8H2,1-2H3,(H,16,18). The van der Waals surface area contributed by atoms with E-state index in [-0.39, 0.29) is 5.91 Å². The van der Waals surface area contributed by atoms with Gasteiger partial charge in [0.05, 0.1) is 12.1 Å². The molecule has 0 bridgehead atoms. The third-order valence-electron chi connectivity index (χ3n) is 2.72. The van der Waals surface area contributed by atoms with Crippen molar-refractivity contribution in [2.45, 2.75) is 20.3 Å². The lowest BCUT2D eigenvalue weighted by Crippen LogP contribution is -2.32. The number of hydrogen-bond donors (Lipinski definition) is 2. The number of nitrogens with one attached hydrogen (secondary N) is 2. The van der Waals surface area contributed by atoms with Gasteiger partial charge in [0.1, 0.15) is 5.76 Å². The van der Waals surface area contributed by atoms with Crippen LogP contribution in [0.4, 0.5) is 0 Å². The van der Waals surface area contributed by atoms with Gasteiger partial charge in [-0.05, 0) is 25.6 Å². The fraction of sp³-hybridized carbons (Fsp3) is 0.429. The summed E-state index contributed by atoms with van der Waals surface area (Å²) in [5.41, 5.74) is 0.778. The van der Waals surface area contributed by atoms with Crippen LogP contribution in [0.15, 0.2) is 21.9 Å². The van der Waals surface area contributed by atoms with Gasteiger partial charge in [0.15, 0.2) is 10.8 Å². The SMILES string of the molecule is CCNCCNC(=O)Cc1csc(-c2ccc(C)o2)n1. The Morgan fingerprint density at radius 2 is 2.25 bits per heavy atom. The molecular formula is C14H19N3O2S. The molecule has 0 saturated heterocycles. The van der Waals surface area contributed by atoms with Crippen molar-refractivity contribution in [2.24, 2.45) is 0 Å². The van der Waals surface area contributed by atoms with Crippen LogP contribution in [0, 0.1) is 6.92 Å². The van der Waals surface area contributed by atoms with E-state index in [1.54, 1.807) is 0 Å². The summed E-state index contributed by atoms with van der Waals surface area (Å²) in [5.74, 6) is 1.61. The highest BCUT2D eigenvalue weighted by Crippen LogP contribution is 2.25. The molecule has 0 aliphatic carbocycles. The Morgan fingerprint density at radius 3 is 2.95 bits per heavy atom. The molecule has 1 amide bonds. The Balaban J connectivity index is 1.85. The van der Waals surface area contributed by atoms with E-state index in [4.69, 9.17) is 4.42 Å². The maximum absolute atomic E-state index is 11.7. The second-order valence-corrected chi connectivity index (χ2v) is 5.29. The molecule has 5 nitrogen and oxygen atoms in total. The smallest absolute Gasteiger partial charge is 0.226 e. The Hall–Kier alpha value is -1.66. The van der Waals surface area contributed by atoms with Gasteiger partial charge in [0.2, 0.25) is 5.91 Å². The largest absolute Gasteiger partial charge is 0.459 e. The molecule has 2 N–H and O–H groups in total. The minimum Gasteiger partial charge on any atom is -0.459 e. The van der Waals surface area contributed by atoms with Gasteiger partial charge in [-0.1, -0.05) is 6.92 Å². The first-order valence-corrected chi connectivity index (χ1v) is 7.55. The van der Waals surface area contributed by atoms with Crippen molar-refractivity contribution in [3.63, 3.8) is 0 Å². The van der Waals surface area contributed by atoms with E-state index >= 15 is 0 Å². The first-order valence-electron chi connectivity index (χ1n) is 6.67.